The minimum atomic E-state index is 0.132. The maximum atomic E-state index is 6.68. The molecule has 0 amide bonds. The first-order valence-corrected chi connectivity index (χ1v) is 13.3. The van der Waals surface area contributed by atoms with Gasteiger partial charge in [-0.25, -0.2) is 4.98 Å². The van der Waals surface area contributed by atoms with Crippen LogP contribution >= 0.6 is 11.6 Å². The van der Waals surface area contributed by atoms with E-state index < -0.39 is 0 Å². The Bertz CT molecular complexity index is 1480. The summed E-state index contributed by atoms with van der Waals surface area (Å²) in [6.07, 6.45) is 4.88. The first-order valence-electron chi connectivity index (χ1n) is 13.0. The van der Waals surface area contributed by atoms with Crippen LogP contribution in [0.4, 0.5) is 11.5 Å². The smallest absolute Gasteiger partial charge is 0.319 e. The third kappa shape index (κ3) is 3.99. The first-order chi connectivity index (χ1) is 18.0. The Morgan fingerprint density at radius 2 is 1.86 bits per heavy atom. The summed E-state index contributed by atoms with van der Waals surface area (Å²) in [7, 11) is 2.10. The topological polar surface area (TPSA) is 62.6 Å². The van der Waals surface area contributed by atoms with E-state index in [1.54, 1.807) is 0 Å². The van der Waals surface area contributed by atoms with Crippen LogP contribution in [0.15, 0.2) is 48.9 Å². The molecule has 9 heteroatoms. The first kappa shape index (κ1) is 22.8. The highest BCUT2D eigenvalue weighted by atomic mass is 35.5. The van der Waals surface area contributed by atoms with Gasteiger partial charge in [-0.15, -0.1) is 0 Å². The summed E-state index contributed by atoms with van der Waals surface area (Å²) < 4.78 is 8.53. The number of benzene rings is 2. The number of anilines is 2. The van der Waals surface area contributed by atoms with Crippen molar-refractivity contribution in [1.29, 1.82) is 0 Å². The van der Waals surface area contributed by atoms with Gasteiger partial charge in [0, 0.05) is 55.1 Å². The fourth-order valence-electron chi connectivity index (χ4n) is 5.93. The molecule has 0 unspecified atom stereocenters. The molecule has 0 aliphatic carbocycles. The van der Waals surface area contributed by atoms with Crippen molar-refractivity contribution in [3.8, 4) is 6.01 Å². The third-order valence-electron chi connectivity index (χ3n) is 7.89. The number of hydrogen-bond donors (Lipinski definition) is 0. The number of nitrogens with zero attached hydrogens (tertiary/aromatic N) is 7. The molecule has 0 spiro atoms. The van der Waals surface area contributed by atoms with Gasteiger partial charge >= 0.3 is 6.01 Å². The zero-order valence-electron chi connectivity index (χ0n) is 21.1. The summed E-state index contributed by atoms with van der Waals surface area (Å²) in [5.74, 6) is 1.00. The molecule has 8 nitrogen and oxygen atoms in total. The van der Waals surface area contributed by atoms with E-state index >= 15 is 0 Å². The van der Waals surface area contributed by atoms with Crippen LogP contribution in [-0.4, -0.2) is 63.2 Å². The number of ether oxygens (including phenoxy) is 1. The van der Waals surface area contributed by atoms with Crippen LogP contribution in [0, 0.1) is 0 Å². The zero-order valence-corrected chi connectivity index (χ0v) is 21.9. The van der Waals surface area contributed by atoms with E-state index in [0.29, 0.717) is 18.6 Å². The molecule has 0 N–H and O–H groups in total. The Labute approximate surface area is 221 Å². The molecular weight excluding hydrogens is 486 g/mol. The molecule has 3 aliphatic heterocycles. The zero-order chi connectivity index (χ0) is 25.1. The summed E-state index contributed by atoms with van der Waals surface area (Å²) in [4.78, 5) is 21.4. The number of fused-ring (bicyclic) bond motifs is 3. The van der Waals surface area contributed by atoms with Crippen LogP contribution < -0.4 is 14.5 Å². The van der Waals surface area contributed by atoms with E-state index in [2.05, 4.69) is 62.5 Å². The van der Waals surface area contributed by atoms with Crippen LogP contribution in [0.1, 0.15) is 23.9 Å². The maximum absolute atomic E-state index is 6.68. The van der Waals surface area contributed by atoms with Gasteiger partial charge in [0.05, 0.1) is 35.8 Å². The fourth-order valence-corrected chi connectivity index (χ4v) is 6.21. The van der Waals surface area contributed by atoms with E-state index in [1.807, 2.05) is 24.7 Å². The molecule has 37 heavy (non-hydrogen) atoms. The molecule has 4 aromatic rings. The molecule has 1 saturated heterocycles. The second kappa shape index (κ2) is 8.89. The molecule has 2 aromatic carbocycles. The van der Waals surface area contributed by atoms with Gasteiger partial charge < -0.3 is 19.1 Å². The van der Waals surface area contributed by atoms with Gasteiger partial charge in [0.1, 0.15) is 11.9 Å². The number of aromatic nitrogens is 4. The second-order valence-electron chi connectivity index (χ2n) is 10.5. The van der Waals surface area contributed by atoms with Crippen molar-refractivity contribution in [2.24, 2.45) is 0 Å². The lowest BCUT2D eigenvalue weighted by Gasteiger charge is -2.39. The molecule has 190 valence electrons. The van der Waals surface area contributed by atoms with Crippen molar-refractivity contribution >= 4 is 33.9 Å². The average molecular weight is 516 g/mol. The molecule has 0 saturated carbocycles. The van der Waals surface area contributed by atoms with Crippen LogP contribution in [0.25, 0.3) is 10.8 Å². The lowest BCUT2D eigenvalue weighted by atomic mass is 10.0. The van der Waals surface area contributed by atoms with Crippen LogP contribution in [0.2, 0.25) is 5.02 Å². The Morgan fingerprint density at radius 3 is 2.70 bits per heavy atom. The molecule has 0 bridgehead atoms. The highest BCUT2D eigenvalue weighted by Crippen LogP contribution is 2.38. The van der Waals surface area contributed by atoms with Gasteiger partial charge in [-0.2, -0.15) is 9.97 Å². The minimum Gasteiger partial charge on any atom is -0.457 e. The number of rotatable bonds is 4. The monoisotopic (exact) mass is 515 g/mol. The Morgan fingerprint density at radius 1 is 1.03 bits per heavy atom. The summed E-state index contributed by atoms with van der Waals surface area (Å²) in [5, 5.41) is 3.02. The van der Waals surface area contributed by atoms with Crippen molar-refractivity contribution in [2.75, 3.05) is 36.5 Å². The van der Waals surface area contributed by atoms with Gasteiger partial charge in [0.25, 0.3) is 0 Å². The summed E-state index contributed by atoms with van der Waals surface area (Å²) in [5.41, 5.74) is 4.61. The predicted octanol–water partition coefficient (Wildman–Crippen LogP) is 4.14. The normalized spacial score (nSPS) is 20.0. The highest BCUT2D eigenvalue weighted by molar-refractivity contribution is 6.36. The van der Waals surface area contributed by atoms with Gasteiger partial charge in [0.2, 0.25) is 0 Å². The summed E-state index contributed by atoms with van der Waals surface area (Å²) in [6, 6.07) is 13.3. The van der Waals surface area contributed by atoms with Gasteiger partial charge in [-0.05, 0) is 37.9 Å². The Balaban J connectivity index is 1.28. The quantitative estimate of drug-likeness (QED) is 0.404. The average Bonchev–Trinajstić information content (AvgIpc) is 3.33. The predicted molar refractivity (Wildman–Crippen MR) is 146 cm³/mol. The molecule has 1 fully saturated rings. The molecule has 7 rings (SSSR count). The minimum absolute atomic E-state index is 0.132. The lowest BCUT2D eigenvalue weighted by molar-refractivity contribution is 0.0318. The molecule has 5 heterocycles. The third-order valence-corrected chi connectivity index (χ3v) is 8.21. The number of imidazole rings is 1. The van der Waals surface area contributed by atoms with Gasteiger partial charge in [-0.3, -0.25) is 4.90 Å². The second-order valence-corrected chi connectivity index (χ2v) is 10.9. The lowest BCUT2D eigenvalue weighted by Crippen LogP contribution is -2.51. The fraction of sp³-hybridized carbons (Fsp3) is 0.393. The van der Waals surface area contributed by atoms with Crippen molar-refractivity contribution in [3.63, 3.8) is 0 Å². The van der Waals surface area contributed by atoms with E-state index in [-0.39, 0.29) is 6.10 Å². The number of halogens is 1. The van der Waals surface area contributed by atoms with Crippen molar-refractivity contribution in [1.82, 2.24) is 24.4 Å². The molecule has 2 aromatic heterocycles. The van der Waals surface area contributed by atoms with E-state index in [1.165, 1.54) is 11.3 Å². The van der Waals surface area contributed by atoms with Crippen LogP contribution in [0.3, 0.4) is 0 Å². The van der Waals surface area contributed by atoms with Gasteiger partial charge in [-0.1, -0.05) is 35.9 Å². The number of likely N-dealkylation sites (tertiary alicyclic amines) is 1. The van der Waals surface area contributed by atoms with E-state index in [9.17, 15) is 0 Å². The van der Waals surface area contributed by atoms with Crippen molar-refractivity contribution in [2.45, 2.75) is 45.1 Å². The molecule has 3 aliphatic rings. The maximum Gasteiger partial charge on any atom is 0.319 e. The Kier molecular flexibility index (Phi) is 5.48. The van der Waals surface area contributed by atoms with E-state index in [4.69, 9.17) is 26.3 Å². The summed E-state index contributed by atoms with van der Waals surface area (Å²) in [6.45, 7) is 7.28. The highest BCUT2D eigenvalue weighted by Gasteiger charge is 2.32. The summed E-state index contributed by atoms with van der Waals surface area (Å²) >= 11 is 6.68. The number of likely N-dealkylation sites (N-methyl/N-ethyl adjacent to an activating group) is 1. The standard InChI is InChI=1S/C28H30ClN7O/c1-18-12-35-17-30-11-20(35)13-36(18)27-22-9-10-34(25-8-4-6-19-5-3-7-23(29)26(19)25)16-24(22)31-28(32-27)37-21-14-33(2)15-21/h3-8,11,17-18,21H,9-10,12-16H2,1-2H3/t18-/m1/s1. The Hall–Kier alpha value is -3.36. The van der Waals surface area contributed by atoms with E-state index in [0.717, 1.165) is 72.1 Å². The molecule has 1 atom stereocenters. The van der Waals surface area contributed by atoms with Crippen LogP contribution in [-0.2, 0) is 26.1 Å². The van der Waals surface area contributed by atoms with Crippen LogP contribution in [0.5, 0.6) is 6.01 Å². The van der Waals surface area contributed by atoms with Crippen molar-refractivity contribution in [3.05, 3.63) is 70.9 Å². The van der Waals surface area contributed by atoms with Gasteiger partial charge in [0.15, 0.2) is 0 Å². The van der Waals surface area contributed by atoms with Crippen molar-refractivity contribution < 1.29 is 4.74 Å². The SMILES string of the molecule is C[C@@H]1Cn2cncc2CN1c1nc(OC2CN(C)C2)nc2c1CCN(c1cccc3cccc(Cl)c13)C2. The number of hydrogen-bond acceptors (Lipinski definition) is 7. The molecule has 0 radical (unpaired) electrons. The molecular formula is C28H30ClN7O. The largest absolute Gasteiger partial charge is 0.457 e.